The molecule has 3 nitrogen and oxygen atoms in total. The normalized spacial score (nSPS) is 9.93. The minimum atomic E-state index is 0.456. The van der Waals surface area contributed by atoms with Crippen molar-refractivity contribution in [2.24, 2.45) is 5.73 Å². The Bertz CT molecular complexity index is 356. The summed E-state index contributed by atoms with van der Waals surface area (Å²) < 4.78 is 0. The van der Waals surface area contributed by atoms with E-state index in [1.54, 1.807) is 0 Å². The maximum absolute atomic E-state index is 5.96. The van der Waals surface area contributed by atoms with Crippen molar-refractivity contribution in [1.82, 2.24) is 5.32 Å². The Morgan fingerprint density at radius 2 is 2.14 bits per heavy atom. The summed E-state index contributed by atoms with van der Waals surface area (Å²) in [6.07, 6.45) is 0. The lowest BCUT2D eigenvalue weighted by atomic mass is 10.0. The number of benzene rings is 1. The molecule has 0 amide bonds. The first-order valence-corrected chi connectivity index (χ1v) is 4.56. The Morgan fingerprint density at radius 3 is 2.64 bits per heavy atom. The van der Waals surface area contributed by atoms with E-state index in [2.05, 4.69) is 11.9 Å². The third kappa shape index (κ3) is 1.88. The van der Waals surface area contributed by atoms with E-state index in [0.717, 1.165) is 28.1 Å². The molecule has 0 saturated carbocycles. The van der Waals surface area contributed by atoms with E-state index in [9.17, 15) is 0 Å². The van der Waals surface area contributed by atoms with Crippen molar-refractivity contribution in [2.45, 2.75) is 13.5 Å². The van der Waals surface area contributed by atoms with Crippen LogP contribution >= 0.6 is 0 Å². The smallest absolute Gasteiger partial charge is 0.0454 e. The molecular formula is C11H17N3. The fourth-order valence-corrected chi connectivity index (χ4v) is 1.43. The van der Waals surface area contributed by atoms with Crippen LogP contribution in [0.2, 0.25) is 0 Å². The standard InChI is InChI=1S/C11H17N3/c1-7-4-9(6-12)11(13)10(5-7)8(2)14-3/h4-5,14H,2,6,12-13H2,1,3H3. The molecule has 0 unspecified atom stereocenters. The number of nitrogen functional groups attached to an aromatic ring is 1. The van der Waals surface area contributed by atoms with Crippen LogP contribution < -0.4 is 16.8 Å². The van der Waals surface area contributed by atoms with Crippen LogP contribution in [0.3, 0.4) is 0 Å². The topological polar surface area (TPSA) is 64.1 Å². The SMILES string of the molecule is C=C(NC)c1cc(C)cc(CN)c1N. The van der Waals surface area contributed by atoms with Crippen molar-refractivity contribution >= 4 is 11.4 Å². The first-order chi connectivity index (χ1) is 6.60. The number of aryl methyl sites for hydroxylation is 1. The molecule has 0 spiro atoms. The van der Waals surface area contributed by atoms with Crippen LogP contribution in [0.1, 0.15) is 16.7 Å². The maximum Gasteiger partial charge on any atom is 0.0454 e. The van der Waals surface area contributed by atoms with Crippen LogP contribution in [0.5, 0.6) is 0 Å². The van der Waals surface area contributed by atoms with Gasteiger partial charge in [0.15, 0.2) is 0 Å². The van der Waals surface area contributed by atoms with Gasteiger partial charge in [-0.25, -0.2) is 0 Å². The van der Waals surface area contributed by atoms with Gasteiger partial charge >= 0.3 is 0 Å². The Kier molecular flexibility index (Phi) is 3.14. The molecule has 0 aliphatic carbocycles. The van der Waals surface area contributed by atoms with Gasteiger partial charge in [0.25, 0.3) is 0 Å². The van der Waals surface area contributed by atoms with Crippen LogP contribution in [-0.4, -0.2) is 7.05 Å². The van der Waals surface area contributed by atoms with E-state index in [-0.39, 0.29) is 0 Å². The van der Waals surface area contributed by atoms with Crippen LogP contribution in [0.4, 0.5) is 5.69 Å². The summed E-state index contributed by atoms with van der Waals surface area (Å²) in [7, 11) is 1.83. The van der Waals surface area contributed by atoms with Crippen LogP contribution in [-0.2, 0) is 6.54 Å². The van der Waals surface area contributed by atoms with Gasteiger partial charge < -0.3 is 16.8 Å². The summed E-state index contributed by atoms with van der Waals surface area (Å²) in [4.78, 5) is 0. The molecule has 0 aromatic heterocycles. The number of anilines is 1. The molecule has 0 bridgehead atoms. The number of rotatable bonds is 3. The van der Waals surface area contributed by atoms with Gasteiger partial charge in [-0.3, -0.25) is 0 Å². The quantitative estimate of drug-likeness (QED) is 0.629. The molecule has 3 heteroatoms. The monoisotopic (exact) mass is 191 g/mol. The summed E-state index contributed by atoms with van der Waals surface area (Å²) in [5.41, 5.74) is 16.1. The highest BCUT2D eigenvalue weighted by molar-refractivity contribution is 5.75. The first-order valence-electron chi connectivity index (χ1n) is 4.56. The Balaban J connectivity index is 3.29. The zero-order valence-electron chi connectivity index (χ0n) is 8.72. The highest BCUT2D eigenvalue weighted by Crippen LogP contribution is 2.23. The second-order valence-electron chi connectivity index (χ2n) is 3.32. The van der Waals surface area contributed by atoms with Crippen molar-refractivity contribution in [3.8, 4) is 0 Å². The summed E-state index contributed by atoms with van der Waals surface area (Å²) in [5.74, 6) is 0. The molecule has 0 atom stereocenters. The van der Waals surface area contributed by atoms with Gasteiger partial charge in [-0.05, 0) is 24.1 Å². The van der Waals surface area contributed by atoms with Gasteiger partial charge in [0.05, 0.1) is 0 Å². The molecule has 1 aromatic rings. The first kappa shape index (κ1) is 10.6. The second-order valence-corrected chi connectivity index (χ2v) is 3.32. The molecule has 5 N–H and O–H groups in total. The van der Waals surface area contributed by atoms with E-state index in [1.165, 1.54) is 0 Å². The maximum atomic E-state index is 5.96. The number of hydrogen-bond donors (Lipinski definition) is 3. The van der Waals surface area contributed by atoms with Gasteiger partial charge in [0.2, 0.25) is 0 Å². The van der Waals surface area contributed by atoms with Crippen LogP contribution in [0.15, 0.2) is 18.7 Å². The third-order valence-corrected chi connectivity index (χ3v) is 2.26. The molecule has 0 heterocycles. The molecule has 0 fully saturated rings. The lowest BCUT2D eigenvalue weighted by molar-refractivity contribution is 1.06. The second kappa shape index (κ2) is 4.15. The van der Waals surface area contributed by atoms with Gasteiger partial charge in [0.1, 0.15) is 0 Å². The van der Waals surface area contributed by atoms with Crippen LogP contribution in [0.25, 0.3) is 5.70 Å². The van der Waals surface area contributed by atoms with Gasteiger partial charge in [0, 0.05) is 30.5 Å². The summed E-state index contributed by atoms with van der Waals surface area (Å²) >= 11 is 0. The molecule has 0 saturated heterocycles. The zero-order chi connectivity index (χ0) is 10.7. The summed E-state index contributed by atoms with van der Waals surface area (Å²) in [6.45, 7) is 6.36. The Morgan fingerprint density at radius 1 is 1.50 bits per heavy atom. The fourth-order valence-electron chi connectivity index (χ4n) is 1.43. The molecular weight excluding hydrogens is 174 g/mol. The minimum Gasteiger partial charge on any atom is -0.398 e. The molecule has 1 aromatic carbocycles. The van der Waals surface area contributed by atoms with Gasteiger partial charge in [-0.2, -0.15) is 0 Å². The zero-order valence-corrected chi connectivity index (χ0v) is 8.72. The van der Waals surface area contributed by atoms with Crippen molar-refractivity contribution in [1.29, 1.82) is 0 Å². The number of nitrogens with one attached hydrogen (secondary N) is 1. The van der Waals surface area contributed by atoms with Gasteiger partial charge in [-0.15, -0.1) is 0 Å². The van der Waals surface area contributed by atoms with Crippen molar-refractivity contribution in [3.05, 3.63) is 35.4 Å². The van der Waals surface area contributed by atoms with Crippen LogP contribution in [0, 0.1) is 6.92 Å². The average molecular weight is 191 g/mol. The van der Waals surface area contributed by atoms with Crippen molar-refractivity contribution in [2.75, 3.05) is 12.8 Å². The lowest BCUT2D eigenvalue weighted by Gasteiger charge is -2.13. The van der Waals surface area contributed by atoms with E-state index >= 15 is 0 Å². The summed E-state index contributed by atoms with van der Waals surface area (Å²) in [5, 5.41) is 2.99. The third-order valence-electron chi connectivity index (χ3n) is 2.26. The largest absolute Gasteiger partial charge is 0.398 e. The van der Waals surface area contributed by atoms with E-state index in [4.69, 9.17) is 11.5 Å². The Labute approximate surface area is 84.8 Å². The van der Waals surface area contributed by atoms with Gasteiger partial charge in [-0.1, -0.05) is 12.6 Å². The minimum absolute atomic E-state index is 0.456. The lowest BCUT2D eigenvalue weighted by Crippen LogP contribution is -2.09. The average Bonchev–Trinajstić information content (AvgIpc) is 2.19. The van der Waals surface area contributed by atoms with E-state index < -0.39 is 0 Å². The number of nitrogens with two attached hydrogens (primary N) is 2. The number of hydrogen-bond acceptors (Lipinski definition) is 3. The molecule has 0 aliphatic heterocycles. The van der Waals surface area contributed by atoms with Crippen molar-refractivity contribution < 1.29 is 0 Å². The highest BCUT2D eigenvalue weighted by atomic mass is 14.8. The summed E-state index contributed by atoms with van der Waals surface area (Å²) in [6, 6.07) is 4.01. The molecule has 1 rings (SSSR count). The molecule has 76 valence electrons. The molecule has 0 radical (unpaired) electrons. The predicted octanol–water partition coefficient (Wildman–Crippen LogP) is 1.23. The fraction of sp³-hybridized carbons (Fsp3) is 0.273. The molecule has 0 aliphatic rings. The highest BCUT2D eigenvalue weighted by Gasteiger charge is 2.07. The molecule has 14 heavy (non-hydrogen) atoms. The van der Waals surface area contributed by atoms with E-state index in [1.807, 2.05) is 26.1 Å². The predicted molar refractivity (Wildman–Crippen MR) is 61.6 cm³/mol. The Hall–Kier alpha value is -1.48. The van der Waals surface area contributed by atoms with Crippen molar-refractivity contribution in [3.63, 3.8) is 0 Å². The van der Waals surface area contributed by atoms with E-state index in [0.29, 0.717) is 6.54 Å².